The van der Waals surface area contributed by atoms with Gasteiger partial charge in [-0.15, -0.1) is 0 Å². The van der Waals surface area contributed by atoms with Crippen LogP contribution in [0.15, 0.2) is 48.5 Å². The molecule has 12 heteroatoms. The van der Waals surface area contributed by atoms with Crippen molar-refractivity contribution in [3.8, 4) is 11.4 Å². The number of benzene rings is 2. The van der Waals surface area contributed by atoms with Gasteiger partial charge in [-0.25, -0.2) is 17.8 Å². The predicted molar refractivity (Wildman–Crippen MR) is 145 cm³/mol. The third kappa shape index (κ3) is 5.22. The molecule has 2 heterocycles. The van der Waals surface area contributed by atoms with E-state index in [1.807, 2.05) is 12.1 Å². The predicted octanol–water partition coefficient (Wildman–Crippen LogP) is 4.85. The van der Waals surface area contributed by atoms with E-state index in [1.54, 1.807) is 43.3 Å². The molecule has 1 fully saturated rings. The van der Waals surface area contributed by atoms with Gasteiger partial charge in [0.25, 0.3) is 5.91 Å². The van der Waals surface area contributed by atoms with Gasteiger partial charge < -0.3 is 9.64 Å². The summed E-state index contributed by atoms with van der Waals surface area (Å²) >= 11 is 0. The lowest BCUT2D eigenvalue weighted by Gasteiger charge is -2.31. The highest BCUT2D eigenvalue weighted by Gasteiger charge is 2.43. The summed E-state index contributed by atoms with van der Waals surface area (Å²) in [5.74, 6) is -0.0416. The van der Waals surface area contributed by atoms with Crippen LogP contribution >= 0.6 is 0 Å². The second-order valence-corrected chi connectivity index (χ2v) is 12.3. The zero-order chi connectivity index (χ0) is 28.7. The molecule has 1 aliphatic heterocycles. The van der Waals surface area contributed by atoms with Crippen molar-refractivity contribution in [3.05, 3.63) is 71.0 Å². The lowest BCUT2D eigenvalue weighted by atomic mass is 9.79. The molecule has 1 N–H and O–H groups in total. The number of anilines is 1. The maximum Gasteiger partial charge on any atom is 0.435 e. The number of sulfonamides is 1. The number of hydrogen-bond acceptors (Lipinski definition) is 5. The number of alkyl halides is 3. The summed E-state index contributed by atoms with van der Waals surface area (Å²) in [6, 6.07) is 13.7. The Balaban J connectivity index is 1.47. The van der Waals surface area contributed by atoms with Crippen LogP contribution in [0.2, 0.25) is 0 Å². The van der Waals surface area contributed by atoms with Crippen LogP contribution in [0.25, 0.3) is 5.69 Å². The average molecular weight is 577 g/mol. The molecule has 1 aromatic heterocycles. The van der Waals surface area contributed by atoms with Crippen molar-refractivity contribution in [3.63, 3.8) is 0 Å². The van der Waals surface area contributed by atoms with Crippen molar-refractivity contribution in [2.45, 2.75) is 50.6 Å². The molecule has 3 aromatic rings. The van der Waals surface area contributed by atoms with E-state index < -0.39 is 27.8 Å². The Morgan fingerprint density at radius 3 is 2.23 bits per heavy atom. The molecule has 1 amide bonds. The van der Waals surface area contributed by atoms with Crippen LogP contribution in [-0.4, -0.2) is 50.1 Å². The van der Waals surface area contributed by atoms with Crippen LogP contribution in [0.4, 0.5) is 18.9 Å². The van der Waals surface area contributed by atoms with Gasteiger partial charge in [-0.05, 0) is 68.1 Å². The van der Waals surface area contributed by atoms with Crippen molar-refractivity contribution < 1.29 is 31.1 Å². The first-order valence-corrected chi connectivity index (χ1v) is 14.9. The van der Waals surface area contributed by atoms with Crippen LogP contribution in [0, 0.1) is 0 Å². The number of hydrogen-bond donors (Lipinski definition) is 1. The number of nitrogens with one attached hydrogen (secondary N) is 1. The number of carbonyl (C=O) groups is 1. The van der Waals surface area contributed by atoms with Crippen LogP contribution in [0.1, 0.15) is 59.9 Å². The van der Waals surface area contributed by atoms with Gasteiger partial charge in [0.2, 0.25) is 10.0 Å². The van der Waals surface area contributed by atoms with Gasteiger partial charge in [-0.2, -0.15) is 18.3 Å². The molecule has 0 radical (unpaired) electrons. The van der Waals surface area contributed by atoms with E-state index in [0.717, 1.165) is 35.9 Å². The minimum atomic E-state index is -4.71. The summed E-state index contributed by atoms with van der Waals surface area (Å²) < 4.78 is 74.8. The number of carbonyl (C=O) groups excluding carboxylic acids is 1. The summed E-state index contributed by atoms with van der Waals surface area (Å²) in [7, 11) is -1.87. The SMILES string of the molecule is CCS(=O)(=O)NCC1(c2ccc(N3CCc4c(C(F)(F)F)nn(-c5ccc(OC)cc5)c4C3=O)cc2)CCCC1. The number of ether oxygens (including phenoxy) is 1. The molecule has 214 valence electrons. The molecular formula is C28H31F3N4O4S. The van der Waals surface area contributed by atoms with E-state index in [4.69, 9.17) is 4.74 Å². The average Bonchev–Trinajstić information content (AvgIpc) is 3.59. The van der Waals surface area contributed by atoms with Gasteiger partial charge in [0.1, 0.15) is 11.4 Å². The second kappa shape index (κ2) is 10.5. The van der Waals surface area contributed by atoms with Crippen molar-refractivity contribution in [2.75, 3.05) is 30.9 Å². The molecular weight excluding hydrogens is 545 g/mol. The van der Waals surface area contributed by atoms with Crippen molar-refractivity contribution >= 4 is 21.6 Å². The molecule has 5 rings (SSSR count). The van der Waals surface area contributed by atoms with Gasteiger partial charge in [0.05, 0.1) is 18.6 Å². The lowest BCUT2D eigenvalue weighted by molar-refractivity contribution is -0.141. The van der Waals surface area contributed by atoms with Crippen molar-refractivity contribution in [1.29, 1.82) is 0 Å². The number of nitrogens with zero attached hydrogens (tertiary/aromatic N) is 3. The molecule has 1 saturated carbocycles. The van der Waals surface area contributed by atoms with E-state index in [1.165, 1.54) is 12.0 Å². The third-order valence-corrected chi connectivity index (χ3v) is 9.31. The van der Waals surface area contributed by atoms with Crippen LogP contribution in [0.5, 0.6) is 5.75 Å². The first kappa shape index (κ1) is 28.2. The third-order valence-electron chi connectivity index (χ3n) is 7.96. The summed E-state index contributed by atoms with van der Waals surface area (Å²) in [5.41, 5.74) is 0.214. The second-order valence-electron chi connectivity index (χ2n) is 10.2. The highest BCUT2D eigenvalue weighted by Crippen LogP contribution is 2.42. The van der Waals surface area contributed by atoms with Crippen LogP contribution < -0.4 is 14.4 Å². The van der Waals surface area contributed by atoms with Gasteiger partial charge in [-0.1, -0.05) is 25.0 Å². The Hall–Kier alpha value is -3.38. The minimum absolute atomic E-state index is 0.00342. The number of fused-ring (bicyclic) bond motifs is 1. The maximum atomic E-state index is 13.9. The first-order valence-electron chi connectivity index (χ1n) is 13.2. The number of rotatable bonds is 8. The standard InChI is InChI=1S/C28H31F3N4O4S/c1-3-40(37,38)32-18-27(15-4-5-16-27)19-6-8-20(9-7-19)34-17-14-23-24(26(34)36)35(33-25(23)28(29,30)31)21-10-12-22(39-2)13-11-21/h6-13,32H,3-5,14-18H2,1-2H3. The highest BCUT2D eigenvalue weighted by atomic mass is 32.2. The van der Waals surface area contributed by atoms with Gasteiger partial charge in [0.15, 0.2) is 5.69 Å². The minimum Gasteiger partial charge on any atom is -0.497 e. The van der Waals surface area contributed by atoms with Crippen molar-refractivity contribution in [2.24, 2.45) is 0 Å². The molecule has 0 atom stereocenters. The smallest absolute Gasteiger partial charge is 0.435 e. The Morgan fingerprint density at radius 2 is 1.65 bits per heavy atom. The molecule has 8 nitrogen and oxygen atoms in total. The summed E-state index contributed by atoms with van der Waals surface area (Å²) in [5, 5.41) is 3.84. The summed E-state index contributed by atoms with van der Waals surface area (Å²) in [4.78, 5) is 15.2. The van der Waals surface area contributed by atoms with E-state index in [-0.39, 0.29) is 35.4 Å². The fraction of sp³-hybridized carbons (Fsp3) is 0.429. The molecule has 2 aromatic carbocycles. The summed E-state index contributed by atoms with van der Waals surface area (Å²) in [6.45, 7) is 1.97. The fourth-order valence-corrected chi connectivity index (χ4v) is 6.41. The van der Waals surface area contributed by atoms with Gasteiger partial charge >= 0.3 is 6.18 Å². The maximum absolute atomic E-state index is 13.9. The zero-order valence-corrected chi connectivity index (χ0v) is 23.1. The molecule has 0 unspecified atom stereocenters. The topological polar surface area (TPSA) is 93.5 Å². The number of methoxy groups -OCH3 is 1. The first-order chi connectivity index (χ1) is 19.0. The molecule has 0 bridgehead atoms. The lowest BCUT2D eigenvalue weighted by Crippen LogP contribution is -2.40. The van der Waals surface area contributed by atoms with E-state index >= 15 is 0 Å². The monoisotopic (exact) mass is 576 g/mol. The van der Waals surface area contributed by atoms with Crippen LogP contribution in [0.3, 0.4) is 0 Å². The van der Waals surface area contributed by atoms with E-state index in [9.17, 15) is 26.4 Å². The molecule has 0 spiro atoms. The van der Waals surface area contributed by atoms with E-state index in [0.29, 0.717) is 23.7 Å². The summed E-state index contributed by atoms with van der Waals surface area (Å²) in [6.07, 6.45) is -1.06. The van der Waals surface area contributed by atoms with Crippen molar-refractivity contribution in [1.82, 2.24) is 14.5 Å². The highest BCUT2D eigenvalue weighted by molar-refractivity contribution is 7.89. The molecule has 2 aliphatic rings. The largest absolute Gasteiger partial charge is 0.497 e. The van der Waals surface area contributed by atoms with Gasteiger partial charge in [0, 0.05) is 29.8 Å². The Morgan fingerprint density at radius 1 is 1.02 bits per heavy atom. The molecule has 0 saturated heterocycles. The Kier molecular flexibility index (Phi) is 7.43. The number of aromatic nitrogens is 2. The Bertz CT molecular complexity index is 1490. The normalized spacial score (nSPS) is 17.2. The zero-order valence-electron chi connectivity index (χ0n) is 22.3. The van der Waals surface area contributed by atoms with Crippen LogP contribution in [-0.2, 0) is 28.0 Å². The Labute approximate surface area is 231 Å². The number of amides is 1. The van der Waals surface area contributed by atoms with E-state index in [2.05, 4.69) is 9.82 Å². The fourth-order valence-electron chi connectivity index (χ4n) is 5.71. The quantitative estimate of drug-likeness (QED) is 0.414. The number of halogens is 3. The molecule has 1 aliphatic carbocycles. The molecule has 40 heavy (non-hydrogen) atoms. The van der Waals surface area contributed by atoms with Gasteiger partial charge in [-0.3, -0.25) is 4.79 Å².